The molecule has 0 radical (unpaired) electrons. The van der Waals surface area contributed by atoms with Crippen LogP contribution in [0.5, 0.6) is 0 Å². The van der Waals surface area contributed by atoms with Gasteiger partial charge in [0.2, 0.25) is 0 Å². The molecule has 0 saturated heterocycles. The Labute approximate surface area is 106 Å². The molecule has 0 saturated carbocycles. The van der Waals surface area contributed by atoms with E-state index in [1.54, 1.807) is 6.07 Å². The number of hydrogen-bond acceptors (Lipinski definition) is 2. The van der Waals surface area contributed by atoms with Gasteiger partial charge in [0.15, 0.2) is 0 Å². The highest BCUT2D eigenvalue weighted by atomic mass is 16.4. The molecule has 0 aliphatic carbocycles. The lowest BCUT2D eigenvalue weighted by atomic mass is 10.0. The molecule has 0 bridgehead atoms. The highest BCUT2D eigenvalue weighted by Crippen LogP contribution is 2.25. The second-order valence-corrected chi connectivity index (χ2v) is 4.47. The van der Waals surface area contributed by atoms with Crippen LogP contribution >= 0.6 is 0 Å². The highest BCUT2D eigenvalue weighted by molar-refractivity contribution is 6.03. The van der Waals surface area contributed by atoms with Gasteiger partial charge in [-0.1, -0.05) is 6.92 Å². The van der Waals surface area contributed by atoms with Crippen molar-refractivity contribution in [2.24, 2.45) is 5.73 Å². The van der Waals surface area contributed by atoms with Gasteiger partial charge >= 0.3 is 5.97 Å². The van der Waals surface area contributed by atoms with E-state index in [-0.39, 0.29) is 0 Å². The van der Waals surface area contributed by atoms with E-state index in [9.17, 15) is 9.90 Å². The molecule has 2 aromatic rings. The van der Waals surface area contributed by atoms with Crippen LogP contribution in [0.2, 0.25) is 0 Å². The smallest absolute Gasteiger partial charge is 0.337 e. The Kier molecular flexibility index (Phi) is 3.39. The van der Waals surface area contributed by atoms with Crippen LogP contribution in [-0.2, 0) is 13.0 Å². The fourth-order valence-electron chi connectivity index (χ4n) is 2.39. The van der Waals surface area contributed by atoms with Crippen molar-refractivity contribution in [3.63, 3.8) is 0 Å². The number of carboxylic acid groups (broad SMARTS) is 1. The van der Waals surface area contributed by atoms with Crippen LogP contribution in [0.3, 0.4) is 0 Å². The molecule has 4 heteroatoms. The van der Waals surface area contributed by atoms with Gasteiger partial charge in [-0.3, -0.25) is 0 Å². The zero-order valence-corrected chi connectivity index (χ0v) is 10.7. The Morgan fingerprint density at radius 3 is 2.67 bits per heavy atom. The molecule has 0 spiro atoms. The number of aryl methyl sites for hydroxylation is 2. The summed E-state index contributed by atoms with van der Waals surface area (Å²) in [6.07, 6.45) is 0.831. The second-order valence-electron chi connectivity index (χ2n) is 4.47. The van der Waals surface area contributed by atoms with Crippen molar-refractivity contribution in [1.82, 2.24) is 4.57 Å². The Hall–Kier alpha value is -1.81. The van der Waals surface area contributed by atoms with Gasteiger partial charge in [0.25, 0.3) is 0 Å². The molecular weight excluding hydrogens is 228 g/mol. The van der Waals surface area contributed by atoms with Gasteiger partial charge in [-0.2, -0.15) is 0 Å². The number of carbonyl (C=O) groups is 1. The number of nitrogens with two attached hydrogens (primary N) is 1. The lowest BCUT2D eigenvalue weighted by Gasteiger charge is -2.09. The summed E-state index contributed by atoms with van der Waals surface area (Å²) in [5, 5.41) is 10.3. The van der Waals surface area contributed by atoms with E-state index in [0.717, 1.165) is 28.6 Å². The molecule has 0 unspecified atom stereocenters. The number of hydrogen-bond donors (Lipinski definition) is 2. The van der Waals surface area contributed by atoms with Crippen molar-refractivity contribution in [3.8, 4) is 0 Å². The average molecular weight is 246 g/mol. The van der Waals surface area contributed by atoms with Crippen LogP contribution in [0.15, 0.2) is 18.2 Å². The van der Waals surface area contributed by atoms with Crippen molar-refractivity contribution < 1.29 is 9.90 Å². The lowest BCUT2D eigenvalue weighted by Crippen LogP contribution is -2.12. The molecule has 1 aromatic carbocycles. The number of rotatable bonds is 4. The number of carboxylic acids is 1. The molecule has 0 atom stereocenters. The van der Waals surface area contributed by atoms with Crippen LogP contribution in [0.4, 0.5) is 0 Å². The summed E-state index contributed by atoms with van der Waals surface area (Å²) in [7, 11) is 0. The molecule has 0 fully saturated rings. The summed E-state index contributed by atoms with van der Waals surface area (Å²) >= 11 is 0. The summed E-state index contributed by atoms with van der Waals surface area (Å²) in [4.78, 5) is 11.4. The predicted octanol–water partition coefficient (Wildman–Crippen LogP) is 2.17. The molecular formula is C14H18N2O2. The van der Waals surface area contributed by atoms with E-state index in [1.165, 1.54) is 0 Å². The van der Waals surface area contributed by atoms with E-state index in [0.29, 0.717) is 18.7 Å². The topological polar surface area (TPSA) is 68.2 Å². The number of aromatic carboxylic acids is 1. The number of fused-ring (bicyclic) bond motifs is 1. The van der Waals surface area contributed by atoms with E-state index in [2.05, 4.69) is 6.07 Å². The maximum Gasteiger partial charge on any atom is 0.337 e. The maximum atomic E-state index is 11.4. The van der Waals surface area contributed by atoms with Crippen LogP contribution in [0, 0.1) is 6.92 Å². The fraction of sp³-hybridized carbons (Fsp3) is 0.357. The van der Waals surface area contributed by atoms with Crippen LogP contribution < -0.4 is 5.73 Å². The van der Waals surface area contributed by atoms with E-state index >= 15 is 0 Å². The molecule has 0 aliphatic heterocycles. The Morgan fingerprint density at radius 1 is 1.39 bits per heavy atom. The first-order valence-corrected chi connectivity index (χ1v) is 6.14. The number of nitrogens with zero attached hydrogens (tertiary/aromatic N) is 1. The van der Waals surface area contributed by atoms with Gasteiger partial charge in [-0.25, -0.2) is 4.79 Å². The highest BCUT2D eigenvalue weighted by Gasteiger charge is 2.15. The summed E-state index contributed by atoms with van der Waals surface area (Å²) in [6.45, 7) is 5.14. The number of aromatic nitrogens is 1. The second kappa shape index (κ2) is 4.82. The summed E-state index contributed by atoms with van der Waals surface area (Å²) in [6, 6.07) is 5.84. The van der Waals surface area contributed by atoms with Crippen molar-refractivity contribution in [2.45, 2.75) is 26.8 Å². The number of benzene rings is 1. The predicted molar refractivity (Wildman–Crippen MR) is 72.1 cm³/mol. The minimum Gasteiger partial charge on any atom is -0.478 e. The van der Waals surface area contributed by atoms with Gasteiger partial charge in [0.05, 0.1) is 11.1 Å². The third kappa shape index (κ3) is 1.99. The fourth-order valence-corrected chi connectivity index (χ4v) is 2.39. The molecule has 18 heavy (non-hydrogen) atoms. The summed E-state index contributed by atoms with van der Waals surface area (Å²) < 4.78 is 1.98. The van der Waals surface area contributed by atoms with Gasteiger partial charge in [0, 0.05) is 24.2 Å². The molecule has 1 heterocycles. The minimum absolute atomic E-state index is 0.367. The molecule has 3 N–H and O–H groups in total. The Balaban J connectivity index is 2.79. The quantitative estimate of drug-likeness (QED) is 0.868. The van der Waals surface area contributed by atoms with Crippen molar-refractivity contribution in [3.05, 3.63) is 35.0 Å². The normalized spacial score (nSPS) is 11.1. The van der Waals surface area contributed by atoms with E-state index in [1.807, 2.05) is 24.5 Å². The molecule has 2 rings (SSSR count). The van der Waals surface area contributed by atoms with Crippen molar-refractivity contribution >= 4 is 16.9 Å². The molecule has 4 nitrogen and oxygen atoms in total. The molecule has 1 aromatic heterocycles. The maximum absolute atomic E-state index is 11.4. The van der Waals surface area contributed by atoms with Crippen LogP contribution in [0.25, 0.3) is 10.9 Å². The first kappa shape index (κ1) is 12.6. The van der Waals surface area contributed by atoms with Crippen molar-refractivity contribution in [2.75, 3.05) is 6.54 Å². The van der Waals surface area contributed by atoms with Gasteiger partial charge in [-0.05, 0) is 37.1 Å². The SMILES string of the molecule is CCc1cc(C(=O)O)c2c(c1)cc(C)n2CCN. The third-order valence-corrected chi connectivity index (χ3v) is 3.25. The van der Waals surface area contributed by atoms with Crippen molar-refractivity contribution in [1.29, 1.82) is 0 Å². The first-order valence-electron chi connectivity index (χ1n) is 6.14. The van der Waals surface area contributed by atoms with E-state index in [4.69, 9.17) is 5.73 Å². The zero-order chi connectivity index (χ0) is 13.3. The molecule has 0 amide bonds. The largest absolute Gasteiger partial charge is 0.478 e. The lowest BCUT2D eigenvalue weighted by molar-refractivity contribution is 0.0698. The van der Waals surface area contributed by atoms with Crippen LogP contribution in [-0.4, -0.2) is 22.2 Å². The first-order chi connectivity index (χ1) is 8.58. The standard InChI is InChI=1S/C14H18N2O2/c1-3-10-7-11-6-9(2)16(5-4-15)13(11)12(8-10)14(17)18/h6-8H,3-5,15H2,1-2H3,(H,17,18). The average Bonchev–Trinajstić information content (AvgIpc) is 2.65. The molecule has 0 aliphatic rings. The monoisotopic (exact) mass is 246 g/mol. The minimum atomic E-state index is -0.883. The Morgan fingerprint density at radius 2 is 2.11 bits per heavy atom. The van der Waals surface area contributed by atoms with Gasteiger partial charge < -0.3 is 15.4 Å². The van der Waals surface area contributed by atoms with Gasteiger partial charge in [0.1, 0.15) is 0 Å². The third-order valence-electron chi connectivity index (χ3n) is 3.25. The van der Waals surface area contributed by atoms with Crippen LogP contribution in [0.1, 0.15) is 28.5 Å². The zero-order valence-electron chi connectivity index (χ0n) is 10.7. The summed E-state index contributed by atoms with van der Waals surface area (Å²) in [5.74, 6) is -0.883. The van der Waals surface area contributed by atoms with Gasteiger partial charge in [-0.15, -0.1) is 0 Å². The molecule has 96 valence electrons. The Bertz CT molecular complexity index is 599. The van der Waals surface area contributed by atoms with E-state index < -0.39 is 5.97 Å². The summed E-state index contributed by atoms with van der Waals surface area (Å²) in [5.41, 5.74) is 8.83.